The van der Waals surface area contributed by atoms with E-state index in [2.05, 4.69) is 29.0 Å². The maximum atomic E-state index is 11.4. The molecule has 2 rings (SSSR count). The summed E-state index contributed by atoms with van der Waals surface area (Å²) in [7, 11) is 1.68. The predicted octanol–water partition coefficient (Wildman–Crippen LogP) is 0.788. The number of carbonyl (C=O) groups excluding carboxylic acids is 1. The summed E-state index contributed by atoms with van der Waals surface area (Å²) in [6.45, 7) is 6.88. The van der Waals surface area contributed by atoms with Crippen molar-refractivity contribution in [1.29, 1.82) is 0 Å². The summed E-state index contributed by atoms with van der Waals surface area (Å²) in [5.41, 5.74) is 2.46. The highest BCUT2D eigenvalue weighted by atomic mass is 16.1. The van der Waals surface area contributed by atoms with E-state index in [1.54, 1.807) is 7.05 Å². The van der Waals surface area contributed by atoms with Gasteiger partial charge >= 0.3 is 0 Å². The van der Waals surface area contributed by atoms with Crippen LogP contribution in [0.15, 0.2) is 0 Å². The summed E-state index contributed by atoms with van der Waals surface area (Å²) < 4.78 is 2.25. The maximum absolute atomic E-state index is 11.4. The molecule has 0 aliphatic carbocycles. The molecular formula is C13H22N4O. The van der Waals surface area contributed by atoms with E-state index in [1.165, 1.54) is 5.69 Å². The lowest BCUT2D eigenvalue weighted by Crippen LogP contribution is -2.26. The zero-order chi connectivity index (χ0) is 13.1. The molecule has 2 heterocycles. The normalized spacial score (nSPS) is 14.7. The molecule has 5 heteroatoms. The van der Waals surface area contributed by atoms with Crippen LogP contribution in [-0.4, -0.2) is 29.1 Å². The van der Waals surface area contributed by atoms with Crippen molar-refractivity contribution in [3.8, 4) is 0 Å². The van der Waals surface area contributed by atoms with E-state index < -0.39 is 0 Å². The fourth-order valence-corrected chi connectivity index (χ4v) is 2.42. The number of carbonyl (C=O) groups is 1. The number of imidazole rings is 1. The van der Waals surface area contributed by atoms with Crippen molar-refractivity contribution in [2.75, 3.05) is 13.6 Å². The van der Waals surface area contributed by atoms with Gasteiger partial charge in [-0.25, -0.2) is 4.98 Å². The standard InChI is InChI=1S/C13H22N4O/c1-9(2)13-16-10-8-15-6-4-11(10)17(13)7-5-12(18)14-3/h9,15H,4-8H2,1-3H3,(H,14,18). The van der Waals surface area contributed by atoms with Gasteiger partial charge in [0.2, 0.25) is 5.91 Å². The molecule has 0 fully saturated rings. The third kappa shape index (κ3) is 2.56. The average molecular weight is 250 g/mol. The molecule has 0 saturated heterocycles. The van der Waals surface area contributed by atoms with E-state index >= 15 is 0 Å². The first-order valence-corrected chi connectivity index (χ1v) is 6.63. The van der Waals surface area contributed by atoms with Crippen LogP contribution >= 0.6 is 0 Å². The van der Waals surface area contributed by atoms with Crippen molar-refractivity contribution in [1.82, 2.24) is 20.2 Å². The molecule has 0 aromatic carbocycles. The van der Waals surface area contributed by atoms with Gasteiger partial charge in [0, 0.05) is 51.1 Å². The minimum absolute atomic E-state index is 0.0843. The number of hydrogen-bond acceptors (Lipinski definition) is 3. The van der Waals surface area contributed by atoms with Gasteiger partial charge in [0.05, 0.1) is 5.69 Å². The van der Waals surface area contributed by atoms with Crippen molar-refractivity contribution in [2.24, 2.45) is 0 Å². The van der Waals surface area contributed by atoms with Crippen molar-refractivity contribution >= 4 is 5.91 Å². The molecule has 1 aliphatic heterocycles. The lowest BCUT2D eigenvalue weighted by atomic mass is 10.1. The van der Waals surface area contributed by atoms with Crippen molar-refractivity contribution in [3.63, 3.8) is 0 Å². The Kier molecular flexibility index (Phi) is 4.01. The third-order valence-corrected chi connectivity index (χ3v) is 3.37. The van der Waals surface area contributed by atoms with E-state index in [0.29, 0.717) is 12.3 Å². The van der Waals surface area contributed by atoms with Gasteiger partial charge in [-0.05, 0) is 0 Å². The summed E-state index contributed by atoms with van der Waals surface area (Å²) in [6.07, 6.45) is 1.52. The van der Waals surface area contributed by atoms with Gasteiger partial charge in [-0.15, -0.1) is 0 Å². The van der Waals surface area contributed by atoms with Gasteiger partial charge in [-0.3, -0.25) is 4.79 Å². The minimum atomic E-state index is 0.0843. The van der Waals surface area contributed by atoms with E-state index in [0.717, 1.165) is 37.6 Å². The van der Waals surface area contributed by atoms with Crippen LogP contribution in [0.4, 0.5) is 0 Å². The van der Waals surface area contributed by atoms with E-state index in [1.807, 2.05) is 0 Å². The van der Waals surface area contributed by atoms with Gasteiger partial charge < -0.3 is 15.2 Å². The van der Waals surface area contributed by atoms with Crippen LogP contribution in [0.2, 0.25) is 0 Å². The lowest BCUT2D eigenvalue weighted by Gasteiger charge is -2.16. The molecular weight excluding hydrogens is 228 g/mol. The molecule has 0 unspecified atom stereocenters. The molecule has 2 N–H and O–H groups in total. The molecule has 100 valence electrons. The molecule has 18 heavy (non-hydrogen) atoms. The highest BCUT2D eigenvalue weighted by Gasteiger charge is 2.21. The monoisotopic (exact) mass is 250 g/mol. The van der Waals surface area contributed by atoms with Crippen LogP contribution in [0.25, 0.3) is 0 Å². The molecule has 1 amide bonds. The Labute approximate surface area is 108 Å². The number of nitrogens with zero attached hydrogens (tertiary/aromatic N) is 2. The summed E-state index contributed by atoms with van der Waals surface area (Å²) in [5, 5.41) is 6.01. The topological polar surface area (TPSA) is 59.0 Å². The van der Waals surface area contributed by atoms with Crippen molar-refractivity contribution < 1.29 is 4.79 Å². The first-order chi connectivity index (χ1) is 8.63. The average Bonchev–Trinajstić information content (AvgIpc) is 2.75. The van der Waals surface area contributed by atoms with Gasteiger partial charge in [0.1, 0.15) is 5.82 Å². The Hall–Kier alpha value is -1.36. The van der Waals surface area contributed by atoms with Crippen molar-refractivity contribution in [2.45, 2.75) is 45.7 Å². The highest BCUT2D eigenvalue weighted by Crippen LogP contribution is 2.22. The first kappa shape index (κ1) is 13.1. The van der Waals surface area contributed by atoms with E-state index in [9.17, 15) is 4.79 Å². The number of rotatable bonds is 4. The third-order valence-electron chi connectivity index (χ3n) is 3.37. The predicted molar refractivity (Wildman–Crippen MR) is 70.4 cm³/mol. The fraction of sp³-hybridized carbons (Fsp3) is 0.692. The Bertz CT molecular complexity index is 436. The molecule has 1 aromatic heterocycles. The highest BCUT2D eigenvalue weighted by molar-refractivity contribution is 5.75. The summed E-state index contributed by atoms with van der Waals surface area (Å²) in [4.78, 5) is 16.1. The van der Waals surface area contributed by atoms with Crippen LogP contribution in [0.5, 0.6) is 0 Å². The molecule has 0 bridgehead atoms. The minimum Gasteiger partial charge on any atom is -0.359 e. The van der Waals surface area contributed by atoms with Crippen molar-refractivity contribution in [3.05, 3.63) is 17.2 Å². The fourth-order valence-electron chi connectivity index (χ4n) is 2.42. The van der Waals surface area contributed by atoms with Crippen LogP contribution in [-0.2, 0) is 24.3 Å². The second-order valence-electron chi connectivity index (χ2n) is 5.02. The van der Waals surface area contributed by atoms with Gasteiger partial charge in [-0.1, -0.05) is 13.8 Å². The van der Waals surface area contributed by atoms with Crippen LogP contribution in [0, 0.1) is 0 Å². The summed E-state index contributed by atoms with van der Waals surface area (Å²) in [5.74, 6) is 1.58. The zero-order valence-electron chi connectivity index (χ0n) is 11.4. The maximum Gasteiger partial charge on any atom is 0.221 e. The number of nitrogens with one attached hydrogen (secondary N) is 2. The lowest BCUT2D eigenvalue weighted by molar-refractivity contribution is -0.120. The summed E-state index contributed by atoms with van der Waals surface area (Å²) >= 11 is 0. The summed E-state index contributed by atoms with van der Waals surface area (Å²) in [6, 6.07) is 0. The van der Waals surface area contributed by atoms with Crippen LogP contribution in [0.3, 0.4) is 0 Å². The molecule has 1 aliphatic rings. The Morgan fingerprint density at radius 2 is 2.33 bits per heavy atom. The van der Waals surface area contributed by atoms with Gasteiger partial charge in [0.25, 0.3) is 0 Å². The number of amides is 1. The molecule has 0 atom stereocenters. The molecule has 0 spiro atoms. The zero-order valence-corrected chi connectivity index (χ0v) is 11.4. The molecule has 0 saturated carbocycles. The van der Waals surface area contributed by atoms with Gasteiger partial charge in [0.15, 0.2) is 0 Å². The Morgan fingerprint density at radius 3 is 3.00 bits per heavy atom. The second-order valence-corrected chi connectivity index (χ2v) is 5.02. The number of fused-ring (bicyclic) bond motifs is 1. The quantitative estimate of drug-likeness (QED) is 0.830. The van der Waals surface area contributed by atoms with Gasteiger partial charge in [-0.2, -0.15) is 0 Å². The molecule has 0 radical (unpaired) electrons. The Morgan fingerprint density at radius 1 is 1.56 bits per heavy atom. The van der Waals surface area contributed by atoms with Crippen LogP contribution < -0.4 is 10.6 Å². The smallest absolute Gasteiger partial charge is 0.221 e. The second kappa shape index (κ2) is 5.52. The first-order valence-electron chi connectivity index (χ1n) is 6.63. The van der Waals surface area contributed by atoms with E-state index in [4.69, 9.17) is 4.98 Å². The number of aromatic nitrogens is 2. The number of hydrogen-bond donors (Lipinski definition) is 2. The Balaban J connectivity index is 2.25. The molecule has 1 aromatic rings. The van der Waals surface area contributed by atoms with Crippen LogP contribution in [0.1, 0.15) is 43.4 Å². The largest absolute Gasteiger partial charge is 0.359 e. The van der Waals surface area contributed by atoms with E-state index in [-0.39, 0.29) is 5.91 Å². The SMILES string of the molecule is CNC(=O)CCn1c(C(C)C)nc2c1CCNC2. The molecule has 5 nitrogen and oxygen atoms in total.